The topological polar surface area (TPSA) is 38.3 Å². The highest BCUT2D eigenvalue weighted by Crippen LogP contribution is 2.23. The van der Waals surface area contributed by atoms with Crippen molar-refractivity contribution in [2.75, 3.05) is 7.11 Å². The van der Waals surface area contributed by atoms with Crippen molar-refractivity contribution in [3.63, 3.8) is 0 Å². The maximum absolute atomic E-state index is 12.3. The van der Waals surface area contributed by atoms with Crippen LogP contribution in [-0.4, -0.2) is 13.0 Å². The Bertz CT molecular complexity index is 686. The highest BCUT2D eigenvalue weighted by Gasteiger charge is 2.13. The van der Waals surface area contributed by atoms with Crippen molar-refractivity contribution in [1.29, 1.82) is 0 Å². The van der Waals surface area contributed by atoms with Crippen LogP contribution in [0.4, 0.5) is 0 Å². The summed E-state index contributed by atoms with van der Waals surface area (Å²) in [5.41, 5.74) is 1.99. The van der Waals surface area contributed by atoms with Gasteiger partial charge in [0.05, 0.1) is 13.2 Å². The molecule has 1 N–H and O–H groups in total. The van der Waals surface area contributed by atoms with Crippen LogP contribution in [0.25, 0.3) is 0 Å². The van der Waals surface area contributed by atoms with Crippen LogP contribution in [0, 0.1) is 0 Å². The molecule has 2 rings (SSSR count). The average molecular weight is 366 g/mol. The van der Waals surface area contributed by atoms with E-state index in [9.17, 15) is 4.79 Å². The average Bonchev–Trinajstić information content (AvgIpc) is 2.59. The first-order valence-corrected chi connectivity index (χ1v) is 8.66. The first-order chi connectivity index (χ1) is 11.5. The van der Waals surface area contributed by atoms with Gasteiger partial charge in [-0.05, 0) is 48.2 Å². The van der Waals surface area contributed by atoms with Gasteiger partial charge in [0, 0.05) is 16.5 Å². The Balaban J connectivity index is 1.93. The van der Waals surface area contributed by atoms with Crippen LogP contribution in [0.15, 0.2) is 42.5 Å². The van der Waals surface area contributed by atoms with Gasteiger partial charge in [0.1, 0.15) is 5.75 Å². The minimum Gasteiger partial charge on any atom is -0.497 e. The number of methoxy groups -OCH3 is 1. The number of nitrogens with one attached hydrogen (secondary N) is 1. The maximum atomic E-state index is 12.3. The Kier molecular flexibility index (Phi) is 6.95. The number of carbonyl (C=O) groups excluding carboxylic acids is 1. The molecule has 0 aliphatic carbocycles. The Hall–Kier alpha value is -1.71. The normalized spacial score (nSPS) is 11.8. The van der Waals surface area contributed by atoms with Crippen molar-refractivity contribution in [3.8, 4) is 5.75 Å². The van der Waals surface area contributed by atoms with Crippen molar-refractivity contribution in [1.82, 2.24) is 5.32 Å². The van der Waals surface area contributed by atoms with Crippen molar-refractivity contribution >= 4 is 29.1 Å². The molecule has 0 fully saturated rings. The van der Waals surface area contributed by atoms with Crippen molar-refractivity contribution < 1.29 is 9.53 Å². The van der Waals surface area contributed by atoms with Crippen molar-refractivity contribution in [3.05, 3.63) is 63.6 Å². The predicted molar refractivity (Wildman–Crippen MR) is 99.0 cm³/mol. The monoisotopic (exact) mass is 365 g/mol. The fourth-order valence-corrected chi connectivity index (χ4v) is 3.00. The third-order valence-corrected chi connectivity index (χ3v) is 4.49. The van der Waals surface area contributed by atoms with Crippen LogP contribution >= 0.6 is 23.2 Å². The number of carbonyl (C=O) groups is 1. The molecule has 5 heteroatoms. The van der Waals surface area contributed by atoms with Crippen LogP contribution in [0.5, 0.6) is 5.75 Å². The molecule has 3 nitrogen and oxygen atoms in total. The van der Waals surface area contributed by atoms with Gasteiger partial charge in [-0.15, -0.1) is 0 Å². The van der Waals surface area contributed by atoms with E-state index in [2.05, 4.69) is 5.32 Å². The molecule has 0 bridgehead atoms. The lowest BCUT2D eigenvalue weighted by atomic mass is 10.0. The second kappa shape index (κ2) is 8.95. The van der Waals surface area contributed by atoms with E-state index in [0.29, 0.717) is 22.9 Å². The summed E-state index contributed by atoms with van der Waals surface area (Å²) < 4.78 is 5.16. The van der Waals surface area contributed by atoms with Gasteiger partial charge < -0.3 is 10.1 Å². The Morgan fingerprint density at radius 3 is 2.46 bits per heavy atom. The standard InChI is InChI=1S/C19H21Cl2NO2/c1-3-18(14-5-9-16(24-2)10-6-14)22-19(23)11-7-13-4-8-15(20)12-17(13)21/h4-6,8-10,12,18H,3,7,11H2,1-2H3,(H,22,23). The molecule has 0 heterocycles. The van der Waals surface area contributed by atoms with Crippen LogP contribution in [0.3, 0.4) is 0 Å². The summed E-state index contributed by atoms with van der Waals surface area (Å²) in [6.45, 7) is 2.05. The third kappa shape index (κ3) is 5.15. The van der Waals surface area contributed by atoms with E-state index in [1.54, 1.807) is 19.2 Å². The molecule has 1 unspecified atom stereocenters. The quantitative estimate of drug-likeness (QED) is 0.731. The lowest BCUT2D eigenvalue weighted by molar-refractivity contribution is -0.121. The van der Waals surface area contributed by atoms with E-state index in [0.717, 1.165) is 23.3 Å². The van der Waals surface area contributed by atoms with Crippen molar-refractivity contribution in [2.24, 2.45) is 0 Å². The van der Waals surface area contributed by atoms with Crippen LogP contribution in [-0.2, 0) is 11.2 Å². The van der Waals surface area contributed by atoms with Gasteiger partial charge in [-0.3, -0.25) is 4.79 Å². The lowest BCUT2D eigenvalue weighted by Gasteiger charge is -2.18. The zero-order chi connectivity index (χ0) is 17.5. The van der Waals surface area contributed by atoms with E-state index in [1.165, 1.54) is 0 Å². The van der Waals surface area contributed by atoms with Gasteiger partial charge in [0.2, 0.25) is 5.91 Å². The van der Waals surface area contributed by atoms with Gasteiger partial charge in [-0.1, -0.05) is 48.3 Å². The van der Waals surface area contributed by atoms with E-state index in [-0.39, 0.29) is 11.9 Å². The highest BCUT2D eigenvalue weighted by atomic mass is 35.5. The minimum atomic E-state index is -0.0101. The van der Waals surface area contributed by atoms with Crippen molar-refractivity contribution in [2.45, 2.75) is 32.2 Å². The molecule has 0 radical (unpaired) electrons. The SMILES string of the molecule is CCC(NC(=O)CCc1ccc(Cl)cc1Cl)c1ccc(OC)cc1. The molecule has 2 aromatic rings. The van der Waals surface area contributed by atoms with Gasteiger partial charge >= 0.3 is 0 Å². The summed E-state index contributed by atoms with van der Waals surface area (Å²) in [6.07, 6.45) is 1.79. The van der Waals surface area contributed by atoms with Crippen LogP contribution in [0.1, 0.15) is 36.9 Å². The van der Waals surface area contributed by atoms with Crippen LogP contribution < -0.4 is 10.1 Å². The Labute approximate surface area is 152 Å². The molecular formula is C19H21Cl2NO2. The number of rotatable bonds is 7. The number of benzene rings is 2. The van der Waals surface area contributed by atoms with Gasteiger partial charge in [-0.25, -0.2) is 0 Å². The Morgan fingerprint density at radius 2 is 1.88 bits per heavy atom. The number of hydrogen-bond donors (Lipinski definition) is 1. The van der Waals surface area contributed by atoms with E-state index in [1.807, 2.05) is 37.3 Å². The molecule has 0 aliphatic heterocycles. The van der Waals surface area contributed by atoms with E-state index >= 15 is 0 Å². The number of aryl methyl sites for hydroxylation is 1. The minimum absolute atomic E-state index is 0.00341. The predicted octanol–water partition coefficient (Wildman–Crippen LogP) is 5.20. The number of ether oxygens (including phenoxy) is 1. The summed E-state index contributed by atoms with van der Waals surface area (Å²) >= 11 is 12.0. The molecule has 1 amide bonds. The fourth-order valence-electron chi connectivity index (χ4n) is 2.50. The molecule has 0 spiro atoms. The van der Waals surface area contributed by atoms with Gasteiger partial charge in [0.25, 0.3) is 0 Å². The molecule has 128 valence electrons. The summed E-state index contributed by atoms with van der Waals surface area (Å²) in [4.78, 5) is 12.3. The lowest BCUT2D eigenvalue weighted by Crippen LogP contribution is -2.28. The molecule has 0 saturated carbocycles. The van der Waals surface area contributed by atoms with E-state index in [4.69, 9.17) is 27.9 Å². The van der Waals surface area contributed by atoms with Crippen LogP contribution in [0.2, 0.25) is 10.0 Å². The molecular weight excluding hydrogens is 345 g/mol. The fraction of sp³-hybridized carbons (Fsp3) is 0.316. The maximum Gasteiger partial charge on any atom is 0.220 e. The molecule has 0 aliphatic rings. The number of hydrogen-bond acceptors (Lipinski definition) is 2. The smallest absolute Gasteiger partial charge is 0.220 e. The second-order valence-corrected chi connectivity index (χ2v) is 6.38. The summed E-state index contributed by atoms with van der Waals surface area (Å²) in [7, 11) is 1.63. The molecule has 1 atom stereocenters. The zero-order valence-corrected chi connectivity index (χ0v) is 15.3. The van der Waals surface area contributed by atoms with Gasteiger partial charge in [0.15, 0.2) is 0 Å². The second-order valence-electron chi connectivity index (χ2n) is 5.54. The van der Waals surface area contributed by atoms with E-state index < -0.39 is 0 Å². The third-order valence-electron chi connectivity index (χ3n) is 3.90. The summed E-state index contributed by atoms with van der Waals surface area (Å²) in [6, 6.07) is 13.1. The summed E-state index contributed by atoms with van der Waals surface area (Å²) in [5, 5.41) is 4.26. The van der Waals surface area contributed by atoms with Gasteiger partial charge in [-0.2, -0.15) is 0 Å². The largest absolute Gasteiger partial charge is 0.497 e. The first kappa shape index (κ1) is 18.6. The molecule has 0 aromatic heterocycles. The molecule has 24 heavy (non-hydrogen) atoms. The molecule has 2 aromatic carbocycles. The first-order valence-electron chi connectivity index (χ1n) is 7.90. The Morgan fingerprint density at radius 1 is 1.17 bits per heavy atom. The highest BCUT2D eigenvalue weighted by molar-refractivity contribution is 6.35. The summed E-state index contributed by atoms with van der Waals surface area (Å²) in [5.74, 6) is 0.806. The molecule has 0 saturated heterocycles. The number of halogens is 2. The zero-order valence-electron chi connectivity index (χ0n) is 13.8. The number of amides is 1.